The van der Waals surface area contributed by atoms with E-state index >= 15 is 0 Å². The Kier molecular flexibility index (Phi) is 6.43. The van der Waals surface area contributed by atoms with E-state index in [-0.39, 0.29) is 30.7 Å². The van der Waals surface area contributed by atoms with Crippen LogP contribution in [-0.4, -0.2) is 37.0 Å². The van der Waals surface area contributed by atoms with E-state index in [9.17, 15) is 14.0 Å². The molecule has 0 atom stereocenters. The number of hydrogen-bond acceptors (Lipinski definition) is 3. The number of carbonyl (C=O) groups is 2. The van der Waals surface area contributed by atoms with E-state index in [1.165, 1.54) is 29.2 Å². The molecule has 0 aliphatic heterocycles. The summed E-state index contributed by atoms with van der Waals surface area (Å²) < 4.78 is 17.7. The van der Waals surface area contributed by atoms with Crippen LogP contribution in [0.2, 0.25) is 0 Å². The van der Waals surface area contributed by atoms with Gasteiger partial charge in [-0.25, -0.2) is 4.39 Å². The second-order valence-electron chi connectivity index (χ2n) is 4.20. The minimum Gasteiger partial charge on any atom is -0.466 e. The molecule has 1 aromatic rings. The van der Waals surface area contributed by atoms with Crippen LogP contribution in [0.15, 0.2) is 30.3 Å². The Balaban J connectivity index is 2.47. The monoisotopic (exact) mass is 279 g/mol. The quantitative estimate of drug-likeness (QED) is 0.592. The van der Waals surface area contributed by atoms with Crippen LogP contribution in [0.1, 0.15) is 18.9 Å². The third-order valence-electron chi connectivity index (χ3n) is 2.60. The summed E-state index contributed by atoms with van der Waals surface area (Å²) in [5, 5.41) is 0. The van der Waals surface area contributed by atoms with Crippen LogP contribution in [0.5, 0.6) is 0 Å². The summed E-state index contributed by atoms with van der Waals surface area (Å²) in [6.07, 6.45) is 3.04. The van der Waals surface area contributed by atoms with Crippen molar-refractivity contribution in [3.8, 4) is 0 Å². The van der Waals surface area contributed by atoms with Crippen molar-refractivity contribution in [1.29, 1.82) is 0 Å². The van der Waals surface area contributed by atoms with Gasteiger partial charge in [0.25, 0.3) is 0 Å². The topological polar surface area (TPSA) is 46.6 Å². The van der Waals surface area contributed by atoms with Gasteiger partial charge in [0.2, 0.25) is 5.91 Å². The number of amides is 1. The van der Waals surface area contributed by atoms with E-state index in [4.69, 9.17) is 4.74 Å². The fraction of sp³-hybridized carbons (Fsp3) is 0.333. The predicted octanol–water partition coefficient (Wildman–Crippen LogP) is 2.25. The number of carbonyl (C=O) groups excluding carboxylic acids is 2. The molecule has 1 rings (SSSR count). The number of nitrogens with zero attached hydrogens (tertiary/aromatic N) is 1. The summed E-state index contributed by atoms with van der Waals surface area (Å²) in [7, 11) is 1.59. The highest BCUT2D eigenvalue weighted by atomic mass is 19.1. The van der Waals surface area contributed by atoms with Gasteiger partial charge in [-0.2, -0.15) is 0 Å². The average molecular weight is 279 g/mol. The standard InChI is InChI=1S/C15H18FNO3/c1-3-20-15(19)9-10-17(2)14(18)8-7-12-5-4-6-13(16)11-12/h4-8,11H,3,9-10H2,1-2H3. The van der Waals surface area contributed by atoms with Crippen LogP contribution >= 0.6 is 0 Å². The van der Waals surface area contributed by atoms with Gasteiger partial charge in [-0.3, -0.25) is 9.59 Å². The lowest BCUT2D eigenvalue weighted by Gasteiger charge is -2.14. The molecule has 20 heavy (non-hydrogen) atoms. The molecular formula is C15H18FNO3. The van der Waals surface area contributed by atoms with Crippen LogP contribution in [0.25, 0.3) is 6.08 Å². The molecule has 5 heteroatoms. The Morgan fingerprint density at radius 1 is 1.40 bits per heavy atom. The minimum atomic E-state index is -0.352. The summed E-state index contributed by atoms with van der Waals surface area (Å²) in [5.74, 6) is -0.935. The van der Waals surface area contributed by atoms with Crippen LogP contribution in [0, 0.1) is 5.82 Å². The normalized spacial score (nSPS) is 10.6. The Morgan fingerprint density at radius 3 is 2.80 bits per heavy atom. The molecule has 0 fully saturated rings. The molecule has 0 radical (unpaired) electrons. The van der Waals surface area contributed by atoms with Crippen LogP contribution in [-0.2, 0) is 14.3 Å². The molecule has 4 nitrogen and oxygen atoms in total. The highest BCUT2D eigenvalue weighted by Gasteiger charge is 2.08. The maximum atomic E-state index is 13.0. The number of rotatable bonds is 6. The molecule has 0 saturated heterocycles. The first-order chi connectivity index (χ1) is 9.52. The van der Waals surface area contributed by atoms with Gasteiger partial charge in [-0.1, -0.05) is 12.1 Å². The highest BCUT2D eigenvalue weighted by Crippen LogP contribution is 2.05. The zero-order valence-corrected chi connectivity index (χ0v) is 11.6. The molecule has 0 aliphatic rings. The Morgan fingerprint density at radius 2 is 2.15 bits per heavy atom. The molecule has 0 bridgehead atoms. The van der Waals surface area contributed by atoms with Gasteiger partial charge in [-0.05, 0) is 30.7 Å². The first-order valence-corrected chi connectivity index (χ1v) is 6.37. The predicted molar refractivity (Wildman–Crippen MR) is 74.3 cm³/mol. The van der Waals surface area contributed by atoms with Crippen LogP contribution in [0.3, 0.4) is 0 Å². The molecule has 0 spiro atoms. The number of halogens is 1. The molecule has 108 valence electrons. The third kappa shape index (κ3) is 5.65. The minimum absolute atomic E-state index is 0.157. The Hall–Kier alpha value is -2.17. The van der Waals surface area contributed by atoms with Gasteiger partial charge in [0.15, 0.2) is 0 Å². The van der Waals surface area contributed by atoms with Gasteiger partial charge >= 0.3 is 5.97 Å². The molecule has 0 heterocycles. The number of benzene rings is 1. The highest BCUT2D eigenvalue weighted by molar-refractivity contribution is 5.91. The number of hydrogen-bond donors (Lipinski definition) is 0. The van der Waals surface area contributed by atoms with E-state index in [1.807, 2.05) is 0 Å². The molecule has 0 aliphatic carbocycles. The molecule has 0 saturated carbocycles. The van der Waals surface area contributed by atoms with Crippen LogP contribution in [0.4, 0.5) is 4.39 Å². The average Bonchev–Trinajstić information content (AvgIpc) is 2.42. The van der Waals surface area contributed by atoms with Crippen molar-refractivity contribution < 1.29 is 18.7 Å². The van der Waals surface area contributed by atoms with Gasteiger partial charge in [0.05, 0.1) is 13.0 Å². The summed E-state index contributed by atoms with van der Waals surface area (Å²) in [6.45, 7) is 2.34. The summed E-state index contributed by atoms with van der Waals surface area (Å²) >= 11 is 0. The lowest BCUT2D eigenvalue weighted by atomic mass is 10.2. The maximum absolute atomic E-state index is 13.0. The summed E-state index contributed by atoms with van der Waals surface area (Å²) in [4.78, 5) is 24.3. The zero-order chi connectivity index (χ0) is 15.0. The number of ether oxygens (including phenoxy) is 1. The van der Waals surface area contributed by atoms with E-state index < -0.39 is 0 Å². The smallest absolute Gasteiger partial charge is 0.307 e. The van der Waals surface area contributed by atoms with Crippen molar-refractivity contribution in [1.82, 2.24) is 4.90 Å². The third-order valence-corrected chi connectivity index (χ3v) is 2.60. The summed E-state index contributed by atoms with van der Waals surface area (Å²) in [6, 6.07) is 5.95. The molecule has 1 aromatic carbocycles. The lowest BCUT2D eigenvalue weighted by Crippen LogP contribution is -2.27. The van der Waals surface area contributed by atoms with Crippen molar-refractivity contribution in [2.45, 2.75) is 13.3 Å². The van der Waals surface area contributed by atoms with Gasteiger partial charge in [0, 0.05) is 19.7 Å². The molecule has 0 aromatic heterocycles. The van der Waals surface area contributed by atoms with Crippen molar-refractivity contribution in [2.75, 3.05) is 20.2 Å². The second-order valence-corrected chi connectivity index (χ2v) is 4.20. The first-order valence-electron chi connectivity index (χ1n) is 6.37. The number of likely N-dealkylation sites (N-methyl/N-ethyl adjacent to an activating group) is 1. The van der Waals surface area contributed by atoms with Gasteiger partial charge in [-0.15, -0.1) is 0 Å². The van der Waals surface area contributed by atoms with Gasteiger partial charge < -0.3 is 9.64 Å². The first kappa shape index (κ1) is 15.9. The Bertz CT molecular complexity index is 500. The van der Waals surface area contributed by atoms with Crippen molar-refractivity contribution in [3.05, 3.63) is 41.7 Å². The SMILES string of the molecule is CCOC(=O)CCN(C)C(=O)C=Cc1cccc(F)c1. The maximum Gasteiger partial charge on any atom is 0.307 e. The van der Waals surface area contributed by atoms with E-state index in [0.717, 1.165) is 0 Å². The van der Waals surface area contributed by atoms with Crippen molar-refractivity contribution in [2.24, 2.45) is 0 Å². The van der Waals surface area contributed by atoms with Gasteiger partial charge in [0.1, 0.15) is 5.82 Å². The van der Waals surface area contributed by atoms with Crippen molar-refractivity contribution >= 4 is 18.0 Å². The second kappa shape index (κ2) is 8.09. The molecule has 0 N–H and O–H groups in total. The molecule has 1 amide bonds. The van der Waals surface area contributed by atoms with E-state index in [0.29, 0.717) is 12.2 Å². The largest absolute Gasteiger partial charge is 0.466 e. The summed E-state index contributed by atoms with van der Waals surface area (Å²) in [5.41, 5.74) is 0.608. The fourth-order valence-corrected chi connectivity index (χ4v) is 1.51. The molecule has 0 unspecified atom stereocenters. The van der Waals surface area contributed by atoms with Crippen LogP contribution < -0.4 is 0 Å². The van der Waals surface area contributed by atoms with E-state index in [1.54, 1.807) is 26.1 Å². The lowest BCUT2D eigenvalue weighted by molar-refractivity contribution is -0.143. The fourth-order valence-electron chi connectivity index (χ4n) is 1.51. The Labute approximate surface area is 117 Å². The van der Waals surface area contributed by atoms with E-state index in [2.05, 4.69) is 0 Å². The molecular weight excluding hydrogens is 261 g/mol. The number of esters is 1. The van der Waals surface area contributed by atoms with Crippen molar-refractivity contribution in [3.63, 3.8) is 0 Å². The zero-order valence-electron chi connectivity index (χ0n) is 11.6.